The van der Waals surface area contributed by atoms with Gasteiger partial charge in [0, 0.05) is 35.7 Å². The Morgan fingerprint density at radius 2 is 1.93 bits per heavy atom. The molecule has 5 heteroatoms. The Morgan fingerprint density at radius 1 is 1.04 bits per heavy atom. The van der Waals surface area contributed by atoms with Crippen LogP contribution in [0.4, 0.5) is 0 Å². The maximum Gasteiger partial charge on any atom is 0.154 e. The minimum absolute atomic E-state index is 0.0300. The van der Waals surface area contributed by atoms with Crippen molar-refractivity contribution in [2.75, 3.05) is 5.75 Å². The number of hydrogen-bond acceptors (Lipinski definition) is 5. The number of aromatic nitrogens is 1. The number of thioether (sulfide) groups is 1. The Kier molecular flexibility index (Phi) is 4.32. The van der Waals surface area contributed by atoms with Crippen LogP contribution < -0.4 is 10.5 Å². The zero-order valence-electron chi connectivity index (χ0n) is 15.4. The van der Waals surface area contributed by atoms with E-state index in [4.69, 9.17) is 15.5 Å². The number of rotatable bonds is 2. The molecule has 2 unspecified atom stereocenters. The van der Waals surface area contributed by atoms with E-state index in [1.165, 1.54) is 5.56 Å². The molecule has 0 saturated heterocycles. The van der Waals surface area contributed by atoms with Crippen LogP contribution in [0, 0.1) is 0 Å². The molecule has 2 aromatic carbocycles. The molecule has 0 bridgehead atoms. The van der Waals surface area contributed by atoms with E-state index in [0.717, 1.165) is 41.0 Å². The van der Waals surface area contributed by atoms with E-state index in [1.54, 1.807) is 18.0 Å². The second-order valence-corrected chi connectivity index (χ2v) is 8.37. The number of benzene rings is 2. The third-order valence-electron chi connectivity index (χ3n) is 5.53. The fourth-order valence-corrected chi connectivity index (χ4v) is 5.03. The summed E-state index contributed by atoms with van der Waals surface area (Å²) in [5, 5.41) is 0.665. The average Bonchev–Trinajstić information content (AvgIpc) is 2.75. The van der Waals surface area contributed by atoms with E-state index in [0.29, 0.717) is 5.17 Å². The van der Waals surface area contributed by atoms with Crippen molar-refractivity contribution in [3.8, 4) is 16.9 Å². The molecule has 2 aliphatic rings. The first-order valence-corrected chi connectivity index (χ1v) is 10.5. The monoisotopic (exact) mass is 387 g/mol. The van der Waals surface area contributed by atoms with Crippen LogP contribution in [0.15, 0.2) is 78.0 Å². The van der Waals surface area contributed by atoms with Gasteiger partial charge in [-0.05, 0) is 35.7 Å². The molecule has 2 N–H and O–H groups in total. The molecule has 5 rings (SSSR count). The highest BCUT2D eigenvalue weighted by Gasteiger charge is 2.43. The molecule has 4 nitrogen and oxygen atoms in total. The minimum Gasteiger partial charge on any atom is -0.485 e. The van der Waals surface area contributed by atoms with Crippen LogP contribution in [0.1, 0.15) is 30.1 Å². The second kappa shape index (κ2) is 6.99. The fraction of sp³-hybridized carbons (Fsp3) is 0.217. The van der Waals surface area contributed by atoms with Gasteiger partial charge in [0.25, 0.3) is 0 Å². The van der Waals surface area contributed by atoms with Gasteiger partial charge in [-0.15, -0.1) is 0 Å². The standard InChI is InChI=1S/C23H21N3OS/c24-22-26-23(10-12-28-22)14-21(16-5-2-1-3-6-16)27-20-9-8-17(13-19(20)23)18-7-4-11-25-15-18/h1-9,11,13,15,21H,10,12,14H2,(H2,24,26). The predicted octanol–water partition coefficient (Wildman–Crippen LogP) is 4.92. The van der Waals surface area contributed by atoms with Crippen molar-refractivity contribution in [3.63, 3.8) is 0 Å². The van der Waals surface area contributed by atoms with Gasteiger partial charge in [0.15, 0.2) is 5.17 Å². The van der Waals surface area contributed by atoms with Crippen molar-refractivity contribution in [2.24, 2.45) is 10.7 Å². The summed E-state index contributed by atoms with van der Waals surface area (Å²) in [5.74, 6) is 1.86. The van der Waals surface area contributed by atoms with Gasteiger partial charge in [0.05, 0.1) is 5.54 Å². The Labute approximate surface area is 168 Å². The van der Waals surface area contributed by atoms with E-state index in [9.17, 15) is 0 Å². The fourth-order valence-electron chi connectivity index (χ4n) is 4.14. The molecule has 2 aliphatic heterocycles. The van der Waals surface area contributed by atoms with Gasteiger partial charge in [0.2, 0.25) is 0 Å². The SMILES string of the molecule is NC1=NC2(CCS1)CC(c1ccccc1)Oc1ccc(-c3cccnc3)cc12. The smallest absolute Gasteiger partial charge is 0.154 e. The van der Waals surface area contributed by atoms with Crippen LogP contribution in [0.2, 0.25) is 0 Å². The lowest BCUT2D eigenvalue weighted by molar-refractivity contribution is 0.123. The molecule has 0 amide bonds. The summed E-state index contributed by atoms with van der Waals surface area (Å²) >= 11 is 1.63. The molecule has 140 valence electrons. The van der Waals surface area contributed by atoms with Gasteiger partial charge >= 0.3 is 0 Å². The second-order valence-electron chi connectivity index (χ2n) is 7.25. The molecule has 0 fully saturated rings. The molecule has 0 saturated carbocycles. The summed E-state index contributed by atoms with van der Waals surface area (Å²) in [7, 11) is 0. The molecule has 0 radical (unpaired) electrons. The van der Waals surface area contributed by atoms with Gasteiger partial charge in [-0.1, -0.05) is 54.2 Å². The zero-order valence-corrected chi connectivity index (χ0v) is 16.2. The molecular weight excluding hydrogens is 366 g/mol. The van der Waals surface area contributed by atoms with E-state index in [-0.39, 0.29) is 11.6 Å². The maximum atomic E-state index is 6.44. The lowest BCUT2D eigenvalue weighted by Crippen LogP contribution is -2.37. The first-order valence-electron chi connectivity index (χ1n) is 9.48. The highest BCUT2D eigenvalue weighted by atomic mass is 32.2. The summed E-state index contributed by atoms with van der Waals surface area (Å²) in [6, 6.07) is 20.8. The lowest BCUT2D eigenvalue weighted by atomic mass is 9.78. The van der Waals surface area contributed by atoms with Crippen molar-refractivity contribution in [1.29, 1.82) is 0 Å². The molecular formula is C23H21N3OS. The van der Waals surface area contributed by atoms with Crippen molar-refractivity contribution in [3.05, 3.63) is 84.2 Å². The molecule has 1 aromatic heterocycles. The number of ether oxygens (including phenoxy) is 1. The highest BCUT2D eigenvalue weighted by Crippen LogP contribution is 2.51. The van der Waals surface area contributed by atoms with E-state index in [2.05, 4.69) is 53.5 Å². The molecule has 3 heterocycles. The molecule has 3 aromatic rings. The third-order valence-corrected chi connectivity index (χ3v) is 6.32. The topological polar surface area (TPSA) is 60.5 Å². The number of nitrogens with two attached hydrogens (primary N) is 1. The van der Waals surface area contributed by atoms with Crippen LogP contribution in [0.25, 0.3) is 11.1 Å². The largest absolute Gasteiger partial charge is 0.485 e. The third kappa shape index (κ3) is 3.06. The van der Waals surface area contributed by atoms with E-state index < -0.39 is 0 Å². The van der Waals surface area contributed by atoms with Crippen molar-refractivity contribution >= 4 is 16.9 Å². The molecule has 28 heavy (non-hydrogen) atoms. The predicted molar refractivity (Wildman–Crippen MR) is 114 cm³/mol. The molecule has 0 aliphatic carbocycles. The number of fused-ring (bicyclic) bond motifs is 2. The van der Waals surface area contributed by atoms with Crippen LogP contribution in [0.5, 0.6) is 5.75 Å². The normalized spacial score (nSPS) is 23.6. The van der Waals surface area contributed by atoms with Crippen LogP contribution in [-0.2, 0) is 5.54 Å². The van der Waals surface area contributed by atoms with Crippen molar-refractivity contribution < 1.29 is 4.74 Å². The van der Waals surface area contributed by atoms with Gasteiger partial charge in [-0.3, -0.25) is 9.98 Å². The number of amidine groups is 1. The van der Waals surface area contributed by atoms with Gasteiger partial charge in [-0.2, -0.15) is 0 Å². The first kappa shape index (κ1) is 17.3. The van der Waals surface area contributed by atoms with Crippen LogP contribution in [0.3, 0.4) is 0 Å². The summed E-state index contributed by atoms with van der Waals surface area (Å²) in [6.45, 7) is 0. The van der Waals surface area contributed by atoms with Gasteiger partial charge in [-0.25, -0.2) is 0 Å². The average molecular weight is 388 g/mol. The number of pyridine rings is 1. The maximum absolute atomic E-state index is 6.44. The van der Waals surface area contributed by atoms with Crippen molar-refractivity contribution in [2.45, 2.75) is 24.5 Å². The molecule has 2 atom stereocenters. The Morgan fingerprint density at radius 3 is 2.71 bits per heavy atom. The van der Waals surface area contributed by atoms with Gasteiger partial charge in [0.1, 0.15) is 11.9 Å². The number of aliphatic imine (C=N–C) groups is 1. The Bertz CT molecular complexity index is 1020. The number of nitrogens with zero attached hydrogens (tertiary/aromatic N) is 2. The molecule has 1 spiro atoms. The lowest BCUT2D eigenvalue weighted by Gasteiger charge is -2.42. The van der Waals surface area contributed by atoms with Crippen LogP contribution in [-0.4, -0.2) is 15.9 Å². The van der Waals surface area contributed by atoms with Crippen molar-refractivity contribution in [1.82, 2.24) is 4.98 Å². The first-order chi connectivity index (χ1) is 13.7. The summed E-state index contributed by atoms with van der Waals surface area (Å²) in [5.41, 5.74) is 10.4. The zero-order chi connectivity index (χ0) is 19.0. The van der Waals surface area contributed by atoms with Crippen LogP contribution >= 0.6 is 11.8 Å². The van der Waals surface area contributed by atoms with E-state index in [1.807, 2.05) is 18.3 Å². The summed E-state index contributed by atoms with van der Waals surface area (Å²) in [4.78, 5) is 9.25. The summed E-state index contributed by atoms with van der Waals surface area (Å²) < 4.78 is 6.44. The Balaban J connectivity index is 1.64. The minimum atomic E-state index is -0.346. The Hall–Kier alpha value is -2.79. The quantitative estimate of drug-likeness (QED) is 0.678. The highest BCUT2D eigenvalue weighted by molar-refractivity contribution is 8.13. The van der Waals surface area contributed by atoms with E-state index >= 15 is 0 Å². The number of hydrogen-bond donors (Lipinski definition) is 1. The summed E-state index contributed by atoms with van der Waals surface area (Å²) in [6.07, 6.45) is 5.40. The van der Waals surface area contributed by atoms with Gasteiger partial charge < -0.3 is 10.5 Å².